The molecule has 0 bridgehead atoms. The van der Waals surface area contributed by atoms with Crippen LogP contribution in [-0.2, 0) is 20.8 Å². The summed E-state index contributed by atoms with van der Waals surface area (Å²) in [6, 6.07) is 10.2. The molecule has 1 unspecified atom stereocenters. The molecule has 18 heavy (non-hydrogen) atoms. The third kappa shape index (κ3) is 3.87. The fourth-order valence-corrected chi connectivity index (χ4v) is 1.91. The van der Waals surface area contributed by atoms with E-state index in [9.17, 15) is 4.79 Å². The molecule has 0 saturated carbocycles. The largest absolute Gasteiger partial charge is 0.466 e. The Morgan fingerprint density at radius 3 is 2.94 bits per heavy atom. The first kappa shape index (κ1) is 12.6. The van der Waals surface area contributed by atoms with Crippen LogP contribution in [0.15, 0.2) is 35.5 Å². The van der Waals surface area contributed by atoms with Crippen molar-refractivity contribution in [2.45, 2.75) is 32.3 Å². The van der Waals surface area contributed by atoms with Gasteiger partial charge in [0.05, 0.1) is 12.3 Å². The molecule has 0 radical (unpaired) electrons. The Balaban J connectivity index is 1.73. The van der Waals surface area contributed by atoms with Gasteiger partial charge in [-0.05, 0) is 5.56 Å². The molecule has 0 aliphatic carbocycles. The van der Waals surface area contributed by atoms with Crippen LogP contribution in [0.5, 0.6) is 0 Å². The summed E-state index contributed by atoms with van der Waals surface area (Å²) in [5.41, 5.74) is 2.29. The third-order valence-electron chi connectivity index (χ3n) is 2.79. The maximum Gasteiger partial charge on any atom is 0.302 e. The zero-order valence-electron chi connectivity index (χ0n) is 10.5. The second kappa shape index (κ2) is 6.19. The molecule has 4 heteroatoms. The number of esters is 1. The van der Waals surface area contributed by atoms with Crippen LogP contribution in [0.2, 0.25) is 0 Å². The highest BCUT2D eigenvalue weighted by Gasteiger charge is 2.21. The normalized spacial score (nSPS) is 18.1. The van der Waals surface area contributed by atoms with Gasteiger partial charge in [0.25, 0.3) is 0 Å². The molecule has 0 aromatic heterocycles. The summed E-state index contributed by atoms with van der Waals surface area (Å²) in [7, 11) is 0. The summed E-state index contributed by atoms with van der Waals surface area (Å²) in [6.07, 6.45) is 2.38. The van der Waals surface area contributed by atoms with Crippen LogP contribution in [0, 0.1) is 0 Å². The Hall–Kier alpha value is -1.84. The van der Waals surface area contributed by atoms with E-state index < -0.39 is 0 Å². The lowest BCUT2D eigenvalue weighted by molar-refractivity contribution is -0.141. The van der Waals surface area contributed by atoms with Gasteiger partial charge in [0, 0.05) is 26.2 Å². The van der Waals surface area contributed by atoms with Gasteiger partial charge in [0.1, 0.15) is 6.10 Å². The van der Waals surface area contributed by atoms with Crippen LogP contribution in [0.25, 0.3) is 0 Å². The zero-order chi connectivity index (χ0) is 12.8. The number of benzene rings is 1. The molecule has 0 fully saturated rings. The summed E-state index contributed by atoms with van der Waals surface area (Å²) in [5, 5.41) is 4.09. The Labute approximate surface area is 107 Å². The molecule has 1 heterocycles. The van der Waals surface area contributed by atoms with Crippen molar-refractivity contribution in [3.63, 3.8) is 0 Å². The van der Waals surface area contributed by atoms with Gasteiger partial charge >= 0.3 is 5.97 Å². The van der Waals surface area contributed by atoms with Crippen molar-refractivity contribution in [2.75, 3.05) is 6.61 Å². The molecule has 1 aliphatic heterocycles. The number of ether oxygens (including phenoxy) is 1. The maximum atomic E-state index is 10.6. The molecule has 1 aromatic carbocycles. The molecular weight excluding hydrogens is 230 g/mol. The van der Waals surface area contributed by atoms with E-state index >= 15 is 0 Å². The Kier molecular flexibility index (Phi) is 4.34. The van der Waals surface area contributed by atoms with Crippen molar-refractivity contribution >= 4 is 11.7 Å². The van der Waals surface area contributed by atoms with Crippen LogP contribution >= 0.6 is 0 Å². The average molecular weight is 247 g/mol. The summed E-state index contributed by atoms with van der Waals surface area (Å²) in [5.74, 6) is -0.251. The van der Waals surface area contributed by atoms with Crippen LogP contribution in [0.1, 0.15) is 25.3 Å². The Morgan fingerprint density at radius 1 is 1.44 bits per heavy atom. The monoisotopic (exact) mass is 247 g/mol. The maximum absolute atomic E-state index is 10.6. The SMILES string of the molecule is CC(=O)OCCC1CC(Cc2ccccc2)=NO1. The molecule has 1 aliphatic rings. The quantitative estimate of drug-likeness (QED) is 0.750. The average Bonchev–Trinajstić information content (AvgIpc) is 2.78. The van der Waals surface area contributed by atoms with E-state index in [1.165, 1.54) is 12.5 Å². The zero-order valence-corrected chi connectivity index (χ0v) is 10.5. The molecule has 0 saturated heterocycles. The van der Waals surface area contributed by atoms with Gasteiger partial charge in [-0.15, -0.1) is 0 Å². The van der Waals surface area contributed by atoms with Gasteiger partial charge in [0.2, 0.25) is 0 Å². The van der Waals surface area contributed by atoms with E-state index in [-0.39, 0.29) is 12.1 Å². The van der Waals surface area contributed by atoms with E-state index in [2.05, 4.69) is 17.3 Å². The predicted octanol–water partition coefficient (Wildman–Crippen LogP) is 2.33. The fraction of sp³-hybridized carbons (Fsp3) is 0.429. The minimum Gasteiger partial charge on any atom is -0.466 e. The number of hydrogen-bond donors (Lipinski definition) is 0. The highest BCUT2D eigenvalue weighted by atomic mass is 16.6. The van der Waals surface area contributed by atoms with Gasteiger partial charge in [0.15, 0.2) is 0 Å². The number of hydrogen-bond acceptors (Lipinski definition) is 4. The summed E-state index contributed by atoms with van der Waals surface area (Å²) in [4.78, 5) is 15.9. The van der Waals surface area contributed by atoms with Crippen molar-refractivity contribution in [2.24, 2.45) is 5.16 Å². The summed E-state index contributed by atoms with van der Waals surface area (Å²) < 4.78 is 4.89. The van der Waals surface area contributed by atoms with E-state index in [4.69, 9.17) is 9.57 Å². The minimum atomic E-state index is -0.251. The van der Waals surface area contributed by atoms with Gasteiger partial charge in [-0.2, -0.15) is 0 Å². The van der Waals surface area contributed by atoms with Crippen molar-refractivity contribution in [3.8, 4) is 0 Å². The van der Waals surface area contributed by atoms with Crippen LogP contribution < -0.4 is 0 Å². The molecule has 0 amide bonds. The van der Waals surface area contributed by atoms with Crippen molar-refractivity contribution in [1.82, 2.24) is 0 Å². The standard InChI is InChI=1S/C14H17NO3/c1-11(16)17-8-7-14-10-13(15-18-14)9-12-5-3-2-4-6-12/h2-6,14H,7-10H2,1H3. The van der Waals surface area contributed by atoms with Gasteiger partial charge in [-0.25, -0.2) is 0 Å². The van der Waals surface area contributed by atoms with Crippen LogP contribution in [0.4, 0.5) is 0 Å². The first-order valence-electron chi connectivity index (χ1n) is 6.13. The molecule has 96 valence electrons. The van der Waals surface area contributed by atoms with E-state index in [0.29, 0.717) is 13.0 Å². The first-order chi connectivity index (χ1) is 8.74. The number of carbonyl (C=O) groups is 1. The molecule has 0 N–H and O–H groups in total. The lowest BCUT2D eigenvalue weighted by atomic mass is 10.0. The minimum absolute atomic E-state index is 0.0445. The smallest absolute Gasteiger partial charge is 0.302 e. The highest BCUT2D eigenvalue weighted by Crippen LogP contribution is 2.16. The third-order valence-corrected chi connectivity index (χ3v) is 2.79. The number of rotatable bonds is 5. The summed E-state index contributed by atoms with van der Waals surface area (Å²) >= 11 is 0. The fourth-order valence-electron chi connectivity index (χ4n) is 1.91. The van der Waals surface area contributed by atoms with Gasteiger partial charge in [-0.3, -0.25) is 4.79 Å². The van der Waals surface area contributed by atoms with E-state index in [0.717, 1.165) is 18.6 Å². The number of nitrogens with zero attached hydrogens (tertiary/aromatic N) is 1. The second-order valence-corrected chi connectivity index (χ2v) is 4.38. The Morgan fingerprint density at radius 2 is 2.22 bits per heavy atom. The summed E-state index contributed by atoms with van der Waals surface area (Å²) in [6.45, 7) is 1.81. The second-order valence-electron chi connectivity index (χ2n) is 4.38. The molecule has 2 rings (SSSR count). The Bertz CT molecular complexity index is 428. The van der Waals surface area contributed by atoms with Gasteiger partial charge < -0.3 is 9.57 Å². The number of oxime groups is 1. The van der Waals surface area contributed by atoms with E-state index in [1.807, 2.05) is 18.2 Å². The molecule has 4 nitrogen and oxygen atoms in total. The van der Waals surface area contributed by atoms with Crippen molar-refractivity contribution in [3.05, 3.63) is 35.9 Å². The molecule has 1 aromatic rings. The van der Waals surface area contributed by atoms with Crippen molar-refractivity contribution < 1.29 is 14.4 Å². The van der Waals surface area contributed by atoms with Crippen LogP contribution in [-0.4, -0.2) is 24.4 Å². The number of carbonyl (C=O) groups excluding carboxylic acids is 1. The highest BCUT2D eigenvalue weighted by molar-refractivity contribution is 5.87. The van der Waals surface area contributed by atoms with E-state index in [1.54, 1.807) is 0 Å². The molecule has 0 spiro atoms. The first-order valence-corrected chi connectivity index (χ1v) is 6.13. The van der Waals surface area contributed by atoms with Gasteiger partial charge in [-0.1, -0.05) is 35.5 Å². The lowest BCUT2D eigenvalue weighted by Gasteiger charge is -2.07. The topological polar surface area (TPSA) is 47.9 Å². The molecule has 1 atom stereocenters. The van der Waals surface area contributed by atoms with Crippen LogP contribution in [0.3, 0.4) is 0 Å². The predicted molar refractivity (Wildman–Crippen MR) is 68.3 cm³/mol. The van der Waals surface area contributed by atoms with Crippen molar-refractivity contribution in [1.29, 1.82) is 0 Å². The lowest BCUT2D eigenvalue weighted by Crippen LogP contribution is -2.13. The molecular formula is C14H17NO3.